The predicted octanol–water partition coefficient (Wildman–Crippen LogP) is 2.68. The summed E-state index contributed by atoms with van der Waals surface area (Å²) in [7, 11) is 0. The maximum Gasteiger partial charge on any atom is 0.0866 e. The van der Waals surface area contributed by atoms with Gasteiger partial charge in [0.2, 0.25) is 0 Å². The van der Waals surface area contributed by atoms with Crippen LogP contribution in [0.1, 0.15) is 31.1 Å². The molecule has 1 aromatic heterocycles. The van der Waals surface area contributed by atoms with Crippen molar-refractivity contribution in [3.05, 3.63) is 22.4 Å². The van der Waals surface area contributed by atoms with Crippen molar-refractivity contribution in [2.45, 2.75) is 32.2 Å². The fourth-order valence-corrected chi connectivity index (χ4v) is 3.53. The van der Waals surface area contributed by atoms with E-state index < -0.39 is 0 Å². The molecular formula is C15H23N3S. The summed E-state index contributed by atoms with van der Waals surface area (Å²) in [4.78, 5) is 3.74. The van der Waals surface area contributed by atoms with Gasteiger partial charge in [0.15, 0.2) is 0 Å². The minimum absolute atomic E-state index is 0.511. The first kappa shape index (κ1) is 14.5. The lowest BCUT2D eigenvalue weighted by molar-refractivity contribution is 0.187. The largest absolute Gasteiger partial charge is 0.312 e. The van der Waals surface area contributed by atoms with Crippen molar-refractivity contribution in [1.29, 1.82) is 5.26 Å². The fourth-order valence-electron chi connectivity index (χ4n) is 2.70. The van der Waals surface area contributed by atoms with Crippen LogP contribution in [0.5, 0.6) is 0 Å². The molecule has 19 heavy (non-hydrogen) atoms. The van der Waals surface area contributed by atoms with Crippen LogP contribution in [0.15, 0.2) is 17.5 Å². The van der Waals surface area contributed by atoms with Crippen LogP contribution in [0, 0.1) is 17.2 Å². The normalized spacial score (nSPS) is 24.5. The van der Waals surface area contributed by atoms with Gasteiger partial charge in [-0.3, -0.25) is 4.90 Å². The average molecular weight is 277 g/mol. The number of piperidine rings is 1. The average Bonchev–Trinajstić information content (AvgIpc) is 2.90. The topological polar surface area (TPSA) is 39.1 Å². The number of hydrogen-bond donors (Lipinski definition) is 1. The van der Waals surface area contributed by atoms with Crippen LogP contribution in [0.2, 0.25) is 0 Å². The first-order valence-corrected chi connectivity index (χ1v) is 7.93. The molecule has 1 aliphatic heterocycles. The predicted molar refractivity (Wildman–Crippen MR) is 80.4 cm³/mol. The van der Waals surface area contributed by atoms with Crippen molar-refractivity contribution in [2.75, 3.05) is 26.2 Å². The molecule has 1 aliphatic rings. The summed E-state index contributed by atoms with van der Waals surface area (Å²) in [6.45, 7) is 8.10. The van der Waals surface area contributed by atoms with E-state index in [9.17, 15) is 0 Å². The lowest BCUT2D eigenvalue weighted by atomic mass is 9.92. The number of thiophene rings is 1. The molecule has 4 heteroatoms. The Balaban J connectivity index is 1.98. The summed E-state index contributed by atoms with van der Waals surface area (Å²) >= 11 is 1.84. The second-order valence-electron chi connectivity index (χ2n) is 5.80. The van der Waals surface area contributed by atoms with Gasteiger partial charge in [0.05, 0.1) is 12.6 Å². The summed E-state index contributed by atoms with van der Waals surface area (Å²) in [6, 6.07) is 7.15. The summed E-state index contributed by atoms with van der Waals surface area (Å²) in [5, 5.41) is 14.7. The molecule has 0 bridgehead atoms. The first-order valence-electron chi connectivity index (χ1n) is 7.05. The van der Waals surface area contributed by atoms with Crippen LogP contribution in [0.4, 0.5) is 0 Å². The Bertz CT molecular complexity index is 408. The van der Waals surface area contributed by atoms with Gasteiger partial charge in [-0.05, 0) is 30.3 Å². The number of likely N-dealkylation sites (tertiary alicyclic amines) is 1. The van der Waals surface area contributed by atoms with Crippen molar-refractivity contribution in [3.8, 4) is 6.07 Å². The molecule has 1 fully saturated rings. The molecule has 1 saturated heterocycles. The van der Waals surface area contributed by atoms with Gasteiger partial charge < -0.3 is 5.32 Å². The van der Waals surface area contributed by atoms with Crippen LogP contribution in [0.3, 0.4) is 0 Å². The minimum atomic E-state index is 0.511. The molecular weight excluding hydrogens is 254 g/mol. The quantitative estimate of drug-likeness (QED) is 0.841. The molecule has 3 nitrogen and oxygen atoms in total. The van der Waals surface area contributed by atoms with Crippen LogP contribution < -0.4 is 5.32 Å². The SMILES string of the molecule is CC(C)CNC1CC(c2cccs2)CN(CC#N)C1. The highest BCUT2D eigenvalue weighted by molar-refractivity contribution is 7.10. The van der Waals surface area contributed by atoms with E-state index in [0.29, 0.717) is 24.4 Å². The zero-order valence-corrected chi connectivity index (χ0v) is 12.6. The molecule has 2 rings (SSSR count). The third-order valence-electron chi connectivity index (χ3n) is 3.58. The van der Waals surface area contributed by atoms with Gasteiger partial charge in [0, 0.05) is 29.9 Å². The van der Waals surface area contributed by atoms with E-state index in [0.717, 1.165) is 19.6 Å². The van der Waals surface area contributed by atoms with E-state index in [1.807, 2.05) is 11.3 Å². The van der Waals surface area contributed by atoms with E-state index in [2.05, 4.69) is 47.6 Å². The van der Waals surface area contributed by atoms with Crippen molar-refractivity contribution < 1.29 is 0 Å². The van der Waals surface area contributed by atoms with Gasteiger partial charge in [-0.1, -0.05) is 19.9 Å². The monoisotopic (exact) mass is 277 g/mol. The van der Waals surface area contributed by atoms with Gasteiger partial charge in [0.1, 0.15) is 0 Å². The standard InChI is InChI=1S/C15H23N3S/c1-12(2)9-17-14-8-13(15-4-3-7-19-15)10-18(11-14)6-5-16/h3-4,7,12-14,17H,6,8-11H2,1-2H3. The smallest absolute Gasteiger partial charge is 0.0866 e. The Labute approximate surface area is 120 Å². The maximum atomic E-state index is 8.93. The number of nitrogens with one attached hydrogen (secondary N) is 1. The summed E-state index contributed by atoms with van der Waals surface area (Å²) in [5.41, 5.74) is 0. The molecule has 2 atom stereocenters. The molecule has 2 unspecified atom stereocenters. The molecule has 0 aromatic carbocycles. The van der Waals surface area contributed by atoms with E-state index in [4.69, 9.17) is 5.26 Å². The molecule has 1 aromatic rings. The van der Waals surface area contributed by atoms with Gasteiger partial charge in [-0.15, -0.1) is 11.3 Å². The van der Waals surface area contributed by atoms with Crippen molar-refractivity contribution in [1.82, 2.24) is 10.2 Å². The Morgan fingerprint density at radius 2 is 2.37 bits per heavy atom. The fraction of sp³-hybridized carbons (Fsp3) is 0.667. The Morgan fingerprint density at radius 1 is 1.53 bits per heavy atom. The number of nitriles is 1. The Kier molecular flexibility index (Phi) is 5.38. The van der Waals surface area contributed by atoms with Crippen LogP contribution in [-0.4, -0.2) is 37.1 Å². The van der Waals surface area contributed by atoms with E-state index in [1.165, 1.54) is 11.3 Å². The minimum Gasteiger partial charge on any atom is -0.312 e. The van der Waals surface area contributed by atoms with Crippen LogP contribution in [0.25, 0.3) is 0 Å². The number of rotatable bonds is 5. The van der Waals surface area contributed by atoms with Crippen LogP contribution in [-0.2, 0) is 0 Å². The summed E-state index contributed by atoms with van der Waals surface area (Å²) in [5.74, 6) is 1.25. The third-order valence-corrected chi connectivity index (χ3v) is 4.62. The highest BCUT2D eigenvalue weighted by atomic mass is 32.1. The van der Waals surface area contributed by atoms with E-state index in [-0.39, 0.29) is 0 Å². The van der Waals surface area contributed by atoms with Gasteiger partial charge in [0.25, 0.3) is 0 Å². The molecule has 0 radical (unpaired) electrons. The second kappa shape index (κ2) is 7.04. The number of nitrogens with zero attached hydrogens (tertiary/aromatic N) is 2. The highest BCUT2D eigenvalue weighted by Gasteiger charge is 2.28. The zero-order chi connectivity index (χ0) is 13.7. The third kappa shape index (κ3) is 4.31. The van der Waals surface area contributed by atoms with Gasteiger partial charge in [-0.2, -0.15) is 5.26 Å². The Morgan fingerprint density at radius 3 is 3.00 bits per heavy atom. The number of hydrogen-bond acceptors (Lipinski definition) is 4. The molecule has 104 valence electrons. The molecule has 0 spiro atoms. The molecule has 0 aliphatic carbocycles. The van der Waals surface area contributed by atoms with Gasteiger partial charge in [-0.25, -0.2) is 0 Å². The summed E-state index contributed by atoms with van der Waals surface area (Å²) < 4.78 is 0. The second-order valence-corrected chi connectivity index (χ2v) is 6.78. The zero-order valence-electron chi connectivity index (χ0n) is 11.8. The molecule has 0 saturated carbocycles. The molecule has 2 heterocycles. The lowest BCUT2D eigenvalue weighted by Crippen LogP contribution is -2.49. The maximum absolute atomic E-state index is 8.93. The van der Waals surface area contributed by atoms with Crippen molar-refractivity contribution >= 4 is 11.3 Å². The van der Waals surface area contributed by atoms with Crippen molar-refractivity contribution in [2.24, 2.45) is 5.92 Å². The highest BCUT2D eigenvalue weighted by Crippen LogP contribution is 2.30. The van der Waals surface area contributed by atoms with E-state index >= 15 is 0 Å². The summed E-state index contributed by atoms with van der Waals surface area (Å²) in [6.07, 6.45) is 1.19. The molecule has 1 N–H and O–H groups in total. The van der Waals surface area contributed by atoms with Crippen molar-refractivity contribution in [3.63, 3.8) is 0 Å². The lowest BCUT2D eigenvalue weighted by Gasteiger charge is -2.37. The first-order chi connectivity index (χ1) is 9.19. The van der Waals surface area contributed by atoms with E-state index in [1.54, 1.807) is 0 Å². The molecule has 0 amide bonds. The van der Waals surface area contributed by atoms with Gasteiger partial charge >= 0.3 is 0 Å². The Hall–Kier alpha value is -0.890. The van der Waals surface area contributed by atoms with Crippen LogP contribution >= 0.6 is 11.3 Å².